The molecule has 0 heterocycles. The van der Waals surface area contributed by atoms with Crippen molar-refractivity contribution in [1.29, 1.82) is 0 Å². The van der Waals surface area contributed by atoms with Crippen molar-refractivity contribution >= 4 is 34.8 Å². The van der Waals surface area contributed by atoms with Gasteiger partial charge in [0.1, 0.15) is 0 Å². The molecule has 0 atom stereocenters. The quantitative estimate of drug-likeness (QED) is 0.402. The summed E-state index contributed by atoms with van der Waals surface area (Å²) in [4.78, 5) is 23.7. The first-order valence-corrected chi connectivity index (χ1v) is 8.30. The van der Waals surface area contributed by atoms with Crippen molar-refractivity contribution in [2.45, 2.75) is 12.8 Å². The summed E-state index contributed by atoms with van der Waals surface area (Å²) in [6, 6.07) is 13.9. The first-order valence-electron chi connectivity index (χ1n) is 7.92. The lowest BCUT2D eigenvalue weighted by Gasteiger charge is -2.05. The van der Waals surface area contributed by atoms with Crippen molar-refractivity contribution < 1.29 is 9.59 Å². The van der Waals surface area contributed by atoms with Gasteiger partial charge in [-0.1, -0.05) is 35.9 Å². The van der Waals surface area contributed by atoms with Gasteiger partial charge in [0.2, 0.25) is 5.91 Å². The molecule has 0 saturated carbocycles. The minimum atomic E-state index is -0.235. The van der Waals surface area contributed by atoms with Crippen LogP contribution in [0.1, 0.15) is 23.2 Å². The van der Waals surface area contributed by atoms with E-state index in [9.17, 15) is 9.59 Å². The van der Waals surface area contributed by atoms with E-state index in [2.05, 4.69) is 10.6 Å². The maximum atomic E-state index is 11.9. The smallest absolute Gasteiger partial charge is 0.251 e. The van der Waals surface area contributed by atoms with Crippen molar-refractivity contribution in [2.24, 2.45) is 0 Å². The molecule has 4 N–H and O–H groups in total. The molecule has 0 aromatic heterocycles. The predicted octanol–water partition coefficient (Wildman–Crippen LogP) is 3.63. The molecule has 2 aromatic carbocycles. The van der Waals surface area contributed by atoms with Gasteiger partial charge in [0.05, 0.1) is 11.4 Å². The van der Waals surface area contributed by atoms with Crippen molar-refractivity contribution in [3.05, 3.63) is 71.3 Å². The molecule has 0 saturated heterocycles. The summed E-state index contributed by atoms with van der Waals surface area (Å²) >= 11 is 5.85. The summed E-state index contributed by atoms with van der Waals surface area (Å²) in [5.74, 6) is -0.398. The lowest BCUT2D eigenvalue weighted by molar-refractivity contribution is -0.111. The number of hydrogen-bond acceptors (Lipinski definition) is 3. The third-order valence-corrected chi connectivity index (χ3v) is 3.64. The molecule has 0 bridgehead atoms. The Bertz CT molecular complexity index is 775. The molecule has 2 rings (SSSR count). The standard InChI is InChI=1S/C19H20ClN3O2/c20-15-8-6-7-14(13-15)19(25)22-12-5-1-2-11-18(24)23-17-10-4-3-9-16(17)21/h2-4,6-11,13H,1,5,12,21H2,(H,22,25)(H,23,24)/b11-2+. The van der Waals surface area contributed by atoms with Gasteiger partial charge in [-0.15, -0.1) is 0 Å². The van der Waals surface area contributed by atoms with Crippen LogP contribution in [0.5, 0.6) is 0 Å². The number of anilines is 2. The molecule has 0 aliphatic rings. The van der Waals surface area contributed by atoms with E-state index in [1.165, 1.54) is 6.08 Å². The van der Waals surface area contributed by atoms with E-state index in [0.717, 1.165) is 6.42 Å². The molecule has 0 spiro atoms. The van der Waals surface area contributed by atoms with Gasteiger partial charge >= 0.3 is 0 Å². The van der Waals surface area contributed by atoms with Crippen molar-refractivity contribution in [3.63, 3.8) is 0 Å². The van der Waals surface area contributed by atoms with E-state index in [1.54, 1.807) is 54.6 Å². The molecule has 2 amide bonds. The first-order chi connectivity index (χ1) is 12.1. The number of nitrogens with two attached hydrogens (primary N) is 1. The number of nitrogens with one attached hydrogen (secondary N) is 2. The van der Waals surface area contributed by atoms with E-state index >= 15 is 0 Å². The van der Waals surface area contributed by atoms with Crippen LogP contribution in [0.2, 0.25) is 5.02 Å². The lowest BCUT2D eigenvalue weighted by Crippen LogP contribution is -2.24. The molecule has 0 radical (unpaired) electrons. The van der Waals surface area contributed by atoms with Gasteiger partial charge in [0.25, 0.3) is 5.91 Å². The average Bonchev–Trinajstić information content (AvgIpc) is 2.60. The highest BCUT2D eigenvalue weighted by Gasteiger charge is 2.04. The summed E-state index contributed by atoms with van der Waals surface area (Å²) < 4.78 is 0. The summed E-state index contributed by atoms with van der Waals surface area (Å²) in [5.41, 5.74) is 7.40. The van der Waals surface area contributed by atoms with Crippen LogP contribution in [0.25, 0.3) is 0 Å². The van der Waals surface area contributed by atoms with Gasteiger partial charge < -0.3 is 16.4 Å². The van der Waals surface area contributed by atoms with Crippen LogP contribution >= 0.6 is 11.6 Å². The zero-order chi connectivity index (χ0) is 18.1. The predicted molar refractivity (Wildman–Crippen MR) is 102 cm³/mol. The minimum absolute atomic E-state index is 0.163. The number of carbonyl (C=O) groups excluding carboxylic acids is 2. The Hall–Kier alpha value is -2.79. The summed E-state index contributed by atoms with van der Waals surface area (Å²) in [6.07, 6.45) is 4.63. The third kappa shape index (κ3) is 6.31. The lowest BCUT2D eigenvalue weighted by atomic mass is 10.2. The average molecular weight is 358 g/mol. The highest BCUT2D eigenvalue weighted by molar-refractivity contribution is 6.30. The Morgan fingerprint density at radius 3 is 2.68 bits per heavy atom. The molecule has 2 aromatic rings. The zero-order valence-corrected chi connectivity index (χ0v) is 14.4. The van der Waals surface area contributed by atoms with E-state index in [0.29, 0.717) is 34.9 Å². The molecule has 0 aliphatic heterocycles. The molecule has 0 aliphatic carbocycles. The molecular formula is C19H20ClN3O2. The number of rotatable bonds is 7. The molecule has 0 unspecified atom stereocenters. The molecule has 6 heteroatoms. The number of halogens is 1. The fraction of sp³-hybridized carbons (Fsp3) is 0.158. The second-order valence-electron chi connectivity index (χ2n) is 5.39. The Kier molecular flexibility index (Phi) is 7.04. The highest BCUT2D eigenvalue weighted by Crippen LogP contribution is 2.16. The highest BCUT2D eigenvalue weighted by atomic mass is 35.5. The number of allylic oxidation sites excluding steroid dienone is 1. The largest absolute Gasteiger partial charge is 0.397 e. The molecule has 130 valence electrons. The van der Waals surface area contributed by atoms with Crippen LogP contribution < -0.4 is 16.4 Å². The Labute approximate surface area is 151 Å². The number of unbranched alkanes of at least 4 members (excludes halogenated alkanes) is 1. The van der Waals surface area contributed by atoms with E-state index in [4.69, 9.17) is 17.3 Å². The van der Waals surface area contributed by atoms with E-state index in [1.807, 2.05) is 0 Å². The van der Waals surface area contributed by atoms with Gasteiger partial charge in [0.15, 0.2) is 0 Å². The number of carbonyl (C=O) groups is 2. The molecule has 0 fully saturated rings. The SMILES string of the molecule is Nc1ccccc1NC(=O)/C=C/CCCNC(=O)c1cccc(Cl)c1. The Morgan fingerprint density at radius 2 is 1.92 bits per heavy atom. The van der Waals surface area contributed by atoms with Crippen LogP contribution in [0.4, 0.5) is 11.4 Å². The van der Waals surface area contributed by atoms with Crippen LogP contribution in [0.15, 0.2) is 60.7 Å². The second kappa shape index (κ2) is 9.49. The molecule has 25 heavy (non-hydrogen) atoms. The van der Waals surface area contributed by atoms with Crippen LogP contribution in [-0.4, -0.2) is 18.4 Å². The van der Waals surface area contributed by atoms with Crippen molar-refractivity contribution in [1.82, 2.24) is 5.32 Å². The normalized spacial score (nSPS) is 10.6. The first kappa shape index (κ1) is 18.5. The third-order valence-electron chi connectivity index (χ3n) is 3.41. The number of benzene rings is 2. The Morgan fingerprint density at radius 1 is 1.12 bits per heavy atom. The van der Waals surface area contributed by atoms with E-state index in [-0.39, 0.29) is 11.8 Å². The minimum Gasteiger partial charge on any atom is -0.397 e. The number of amides is 2. The molecular weight excluding hydrogens is 338 g/mol. The maximum Gasteiger partial charge on any atom is 0.251 e. The molecule has 5 nitrogen and oxygen atoms in total. The zero-order valence-electron chi connectivity index (χ0n) is 13.7. The number of nitrogen functional groups attached to an aromatic ring is 1. The van der Waals surface area contributed by atoms with Crippen LogP contribution in [0, 0.1) is 0 Å². The summed E-state index contributed by atoms with van der Waals surface area (Å²) in [7, 11) is 0. The van der Waals surface area contributed by atoms with Gasteiger partial charge in [-0.3, -0.25) is 9.59 Å². The summed E-state index contributed by atoms with van der Waals surface area (Å²) in [6.45, 7) is 0.517. The fourth-order valence-corrected chi connectivity index (χ4v) is 2.32. The van der Waals surface area contributed by atoms with Gasteiger partial charge in [0, 0.05) is 17.1 Å². The maximum absolute atomic E-state index is 11.9. The number of para-hydroxylation sites is 2. The monoisotopic (exact) mass is 357 g/mol. The van der Waals surface area contributed by atoms with Gasteiger partial charge in [-0.25, -0.2) is 0 Å². The number of hydrogen-bond donors (Lipinski definition) is 3. The fourth-order valence-electron chi connectivity index (χ4n) is 2.13. The van der Waals surface area contributed by atoms with Gasteiger partial charge in [-0.05, 0) is 49.2 Å². The van der Waals surface area contributed by atoms with E-state index < -0.39 is 0 Å². The van der Waals surface area contributed by atoms with Crippen molar-refractivity contribution in [2.75, 3.05) is 17.6 Å². The topological polar surface area (TPSA) is 84.2 Å². The Balaban J connectivity index is 1.67. The van der Waals surface area contributed by atoms with Crippen molar-refractivity contribution in [3.8, 4) is 0 Å². The van der Waals surface area contributed by atoms with Crippen LogP contribution in [0.3, 0.4) is 0 Å². The second-order valence-corrected chi connectivity index (χ2v) is 5.82. The van der Waals surface area contributed by atoms with Crippen LogP contribution in [-0.2, 0) is 4.79 Å². The van der Waals surface area contributed by atoms with Gasteiger partial charge in [-0.2, -0.15) is 0 Å². The summed E-state index contributed by atoms with van der Waals surface area (Å²) in [5, 5.41) is 6.05.